The van der Waals surface area contributed by atoms with Gasteiger partial charge in [-0.3, -0.25) is 4.79 Å². The standard InChI is InChI=1S/C16H20N2O3/c1-12-4-5-13(3-2-6-17)9-15(12)16(19)18-10-14-11-20-7-8-21-14/h4-5,9,14H,6-8,10-11,17H2,1H3,(H,18,19). The number of hydrogen-bond donors (Lipinski definition) is 2. The van der Waals surface area contributed by atoms with E-state index in [-0.39, 0.29) is 12.0 Å². The lowest BCUT2D eigenvalue weighted by atomic mass is 10.0. The zero-order valence-electron chi connectivity index (χ0n) is 12.1. The average Bonchev–Trinajstić information content (AvgIpc) is 2.53. The van der Waals surface area contributed by atoms with Crippen LogP contribution >= 0.6 is 0 Å². The number of nitrogens with two attached hydrogens (primary N) is 1. The van der Waals surface area contributed by atoms with E-state index >= 15 is 0 Å². The van der Waals surface area contributed by atoms with Crippen LogP contribution in [0.1, 0.15) is 21.5 Å². The Bertz CT molecular complexity index is 554. The van der Waals surface area contributed by atoms with Gasteiger partial charge in [-0.15, -0.1) is 0 Å². The number of amides is 1. The minimum Gasteiger partial charge on any atom is -0.376 e. The number of benzene rings is 1. The van der Waals surface area contributed by atoms with Crippen LogP contribution in [0.5, 0.6) is 0 Å². The number of ether oxygens (including phenoxy) is 2. The van der Waals surface area contributed by atoms with Gasteiger partial charge in [0, 0.05) is 17.7 Å². The third kappa shape index (κ3) is 4.57. The summed E-state index contributed by atoms with van der Waals surface area (Å²) >= 11 is 0. The first-order valence-corrected chi connectivity index (χ1v) is 6.98. The van der Waals surface area contributed by atoms with Crippen molar-refractivity contribution in [1.29, 1.82) is 0 Å². The van der Waals surface area contributed by atoms with E-state index in [1.807, 2.05) is 19.1 Å². The molecule has 1 atom stereocenters. The monoisotopic (exact) mass is 288 g/mol. The van der Waals surface area contributed by atoms with Gasteiger partial charge in [-0.25, -0.2) is 0 Å². The maximum Gasteiger partial charge on any atom is 0.251 e. The van der Waals surface area contributed by atoms with E-state index in [1.165, 1.54) is 0 Å². The van der Waals surface area contributed by atoms with Crippen LogP contribution in [0.3, 0.4) is 0 Å². The highest BCUT2D eigenvalue weighted by atomic mass is 16.6. The Labute approximate surface area is 124 Å². The van der Waals surface area contributed by atoms with Crippen molar-refractivity contribution in [3.05, 3.63) is 34.9 Å². The third-order valence-electron chi connectivity index (χ3n) is 3.19. The predicted octanol–water partition coefficient (Wildman–Crippen LogP) is 0.450. The molecule has 112 valence electrons. The summed E-state index contributed by atoms with van der Waals surface area (Å²) in [6, 6.07) is 5.55. The second-order valence-corrected chi connectivity index (χ2v) is 4.81. The van der Waals surface area contributed by atoms with Crippen molar-refractivity contribution in [1.82, 2.24) is 5.32 Å². The molecule has 1 unspecified atom stereocenters. The molecule has 0 spiro atoms. The number of rotatable bonds is 3. The molecule has 1 heterocycles. The molecule has 1 aliphatic rings. The summed E-state index contributed by atoms with van der Waals surface area (Å²) in [7, 11) is 0. The van der Waals surface area contributed by atoms with Crippen LogP contribution in [0.25, 0.3) is 0 Å². The highest BCUT2D eigenvalue weighted by molar-refractivity contribution is 5.96. The van der Waals surface area contributed by atoms with E-state index in [1.54, 1.807) is 6.07 Å². The maximum absolute atomic E-state index is 12.3. The summed E-state index contributed by atoms with van der Waals surface area (Å²) < 4.78 is 10.8. The summed E-state index contributed by atoms with van der Waals surface area (Å²) in [5.41, 5.74) is 7.67. The Morgan fingerprint density at radius 1 is 1.48 bits per heavy atom. The number of carbonyl (C=O) groups is 1. The Balaban J connectivity index is 2.00. The third-order valence-corrected chi connectivity index (χ3v) is 3.19. The van der Waals surface area contributed by atoms with Gasteiger partial charge < -0.3 is 20.5 Å². The molecule has 2 rings (SSSR count). The normalized spacial score (nSPS) is 17.7. The minimum atomic E-state index is -0.127. The number of carbonyl (C=O) groups excluding carboxylic acids is 1. The molecule has 1 aromatic carbocycles. The zero-order chi connectivity index (χ0) is 15.1. The van der Waals surface area contributed by atoms with Gasteiger partial charge in [0.05, 0.1) is 32.5 Å². The fourth-order valence-electron chi connectivity index (χ4n) is 2.05. The van der Waals surface area contributed by atoms with Crippen LogP contribution in [0.2, 0.25) is 0 Å². The van der Waals surface area contributed by atoms with Crippen LogP contribution < -0.4 is 11.1 Å². The second kappa shape index (κ2) is 7.79. The smallest absolute Gasteiger partial charge is 0.251 e. The van der Waals surface area contributed by atoms with Gasteiger partial charge in [-0.05, 0) is 24.6 Å². The SMILES string of the molecule is Cc1ccc(C#CCN)cc1C(=O)NCC1COCCO1. The molecule has 1 amide bonds. The minimum absolute atomic E-state index is 0.0804. The molecule has 5 nitrogen and oxygen atoms in total. The molecule has 0 aromatic heterocycles. The van der Waals surface area contributed by atoms with Crippen LogP contribution in [0.15, 0.2) is 18.2 Å². The van der Waals surface area contributed by atoms with Crippen molar-refractivity contribution in [3.8, 4) is 11.8 Å². The molecule has 0 saturated carbocycles. The van der Waals surface area contributed by atoms with Crippen LogP contribution in [0.4, 0.5) is 0 Å². The van der Waals surface area contributed by atoms with Crippen molar-refractivity contribution in [2.75, 3.05) is 32.9 Å². The molecule has 1 aliphatic heterocycles. The zero-order valence-corrected chi connectivity index (χ0v) is 12.1. The first kappa shape index (κ1) is 15.5. The molecule has 0 aliphatic carbocycles. The van der Waals surface area contributed by atoms with E-state index in [2.05, 4.69) is 17.2 Å². The average molecular weight is 288 g/mol. The lowest BCUT2D eigenvalue weighted by molar-refractivity contribution is -0.0855. The Morgan fingerprint density at radius 3 is 3.05 bits per heavy atom. The second-order valence-electron chi connectivity index (χ2n) is 4.81. The lowest BCUT2D eigenvalue weighted by Gasteiger charge is -2.23. The van der Waals surface area contributed by atoms with Gasteiger partial charge in [0.2, 0.25) is 0 Å². The van der Waals surface area contributed by atoms with E-state index < -0.39 is 0 Å². The molecule has 0 radical (unpaired) electrons. The summed E-state index contributed by atoms with van der Waals surface area (Å²) in [6.45, 7) is 4.34. The highest BCUT2D eigenvalue weighted by Crippen LogP contribution is 2.11. The fraction of sp³-hybridized carbons (Fsp3) is 0.438. The van der Waals surface area contributed by atoms with Gasteiger partial charge >= 0.3 is 0 Å². The molecule has 3 N–H and O–H groups in total. The van der Waals surface area contributed by atoms with Crippen LogP contribution in [-0.4, -0.2) is 44.9 Å². The van der Waals surface area contributed by atoms with E-state index in [0.717, 1.165) is 11.1 Å². The number of aryl methyl sites for hydroxylation is 1. The molecule has 1 saturated heterocycles. The quantitative estimate of drug-likeness (QED) is 0.792. The summed E-state index contributed by atoms with van der Waals surface area (Å²) in [5, 5.41) is 2.88. The van der Waals surface area contributed by atoms with E-state index in [0.29, 0.717) is 38.5 Å². The van der Waals surface area contributed by atoms with E-state index in [4.69, 9.17) is 15.2 Å². The number of hydrogen-bond acceptors (Lipinski definition) is 4. The highest BCUT2D eigenvalue weighted by Gasteiger charge is 2.16. The van der Waals surface area contributed by atoms with Gasteiger partial charge in [0.15, 0.2) is 0 Å². The van der Waals surface area contributed by atoms with Crippen molar-refractivity contribution < 1.29 is 14.3 Å². The largest absolute Gasteiger partial charge is 0.376 e. The van der Waals surface area contributed by atoms with Gasteiger partial charge in [-0.2, -0.15) is 0 Å². The molecule has 1 fully saturated rings. The number of nitrogens with one attached hydrogen (secondary N) is 1. The van der Waals surface area contributed by atoms with E-state index in [9.17, 15) is 4.79 Å². The molecule has 0 bridgehead atoms. The summed E-state index contributed by atoms with van der Waals surface area (Å²) in [4.78, 5) is 12.3. The topological polar surface area (TPSA) is 73.6 Å². The predicted molar refractivity (Wildman–Crippen MR) is 80.0 cm³/mol. The molecular weight excluding hydrogens is 268 g/mol. The van der Waals surface area contributed by atoms with Gasteiger partial charge in [0.1, 0.15) is 0 Å². The Kier molecular flexibility index (Phi) is 5.76. The van der Waals surface area contributed by atoms with Gasteiger partial charge in [0.25, 0.3) is 5.91 Å². The Hall–Kier alpha value is -1.87. The Morgan fingerprint density at radius 2 is 2.33 bits per heavy atom. The van der Waals surface area contributed by atoms with Crippen molar-refractivity contribution in [2.24, 2.45) is 5.73 Å². The maximum atomic E-state index is 12.3. The summed E-state index contributed by atoms with van der Waals surface area (Å²) in [5.74, 6) is 5.59. The molecule has 1 aromatic rings. The van der Waals surface area contributed by atoms with Crippen molar-refractivity contribution >= 4 is 5.91 Å². The van der Waals surface area contributed by atoms with Crippen molar-refractivity contribution in [3.63, 3.8) is 0 Å². The van der Waals surface area contributed by atoms with Crippen LogP contribution in [0, 0.1) is 18.8 Å². The first-order chi connectivity index (χ1) is 10.2. The molecular formula is C16H20N2O3. The fourth-order valence-corrected chi connectivity index (χ4v) is 2.05. The lowest BCUT2D eigenvalue weighted by Crippen LogP contribution is -2.39. The summed E-state index contributed by atoms with van der Waals surface area (Å²) in [6.07, 6.45) is -0.0804. The van der Waals surface area contributed by atoms with Gasteiger partial charge in [-0.1, -0.05) is 17.9 Å². The van der Waals surface area contributed by atoms with Crippen LogP contribution in [-0.2, 0) is 9.47 Å². The molecule has 21 heavy (non-hydrogen) atoms. The first-order valence-electron chi connectivity index (χ1n) is 6.98. The molecule has 5 heteroatoms. The van der Waals surface area contributed by atoms with Crippen molar-refractivity contribution in [2.45, 2.75) is 13.0 Å².